The van der Waals surface area contributed by atoms with Crippen LogP contribution in [-0.2, 0) is 19.1 Å². The van der Waals surface area contributed by atoms with E-state index in [-0.39, 0.29) is 12.5 Å². The summed E-state index contributed by atoms with van der Waals surface area (Å²) in [5.74, 6) is -1.31. The van der Waals surface area contributed by atoms with E-state index in [0.29, 0.717) is 25.5 Å². The van der Waals surface area contributed by atoms with Crippen LogP contribution < -0.4 is 4.90 Å². The van der Waals surface area contributed by atoms with Crippen LogP contribution >= 0.6 is 0 Å². The van der Waals surface area contributed by atoms with Gasteiger partial charge in [0, 0.05) is 20.3 Å². The second-order valence-electron chi connectivity index (χ2n) is 8.35. The molecule has 34 heavy (non-hydrogen) atoms. The molecule has 1 aromatic heterocycles. The third kappa shape index (κ3) is 3.62. The quantitative estimate of drug-likeness (QED) is 0.234. The summed E-state index contributed by atoms with van der Waals surface area (Å²) in [4.78, 5) is 33.7. The molecular weight excluding hydrogens is 430 g/mol. The lowest BCUT2D eigenvalue weighted by Gasteiger charge is -2.38. The van der Waals surface area contributed by atoms with E-state index in [1.165, 1.54) is 0 Å². The van der Waals surface area contributed by atoms with Gasteiger partial charge in [0.1, 0.15) is 0 Å². The van der Waals surface area contributed by atoms with E-state index in [1.807, 2.05) is 71.3 Å². The predicted molar refractivity (Wildman–Crippen MR) is 131 cm³/mol. The van der Waals surface area contributed by atoms with Crippen molar-refractivity contribution in [2.75, 3.05) is 31.8 Å². The van der Waals surface area contributed by atoms with Gasteiger partial charge in [-0.3, -0.25) is 14.5 Å². The minimum absolute atomic E-state index is 0.200. The molecular formula is C27H27N3O4. The SMILES string of the molecule is CCOC(=O)[C@H]1C(=O)N(CCCOC)c2nc3ccccc3n2[C@H]1c1cccc2ccccc12. The highest BCUT2D eigenvalue weighted by Crippen LogP contribution is 2.43. The third-order valence-electron chi connectivity index (χ3n) is 6.36. The Morgan fingerprint density at radius 1 is 1.03 bits per heavy atom. The molecule has 3 aromatic carbocycles. The molecule has 0 aliphatic carbocycles. The molecule has 1 aliphatic rings. The molecule has 0 fully saturated rings. The van der Waals surface area contributed by atoms with Crippen LogP contribution in [0.4, 0.5) is 5.95 Å². The van der Waals surface area contributed by atoms with Crippen molar-refractivity contribution >= 4 is 39.6 Å². The number of ether oxygens (including phenoxy) is 2. The van der Waals surface area contributed by atoms with Gasteiger partial charge in [0.15, 0.2) is 5.92 Å². The lowest BCUT2D eigenvalue weighted by Crippen LogP contribution is -2.50. The zero-order chi connectivity index (χ0) is 23.7. The Kier molecular flexibility index (Phi) is 6.02. The Hall–Kier alpha value is -3.71. The normalized spacial score (nSPS) is 17.8. The highest BCUT2D eigenvalue weighted by Gasteiger charge is 2.48. The van der Waals surface area contributed by atoms with Crippen LogP contribution in [0.25, 0.3) is 21.8 Å². The maximum Gasteiger partial charge on any atom is 0.321 e. The number of hydrogen-bond acceptors (Lipinski definition) is 5. The molecule has 0 unspecified atom stereocenters. The topological polar surface area (TPSA) is 73.7 Å². The number of rotatable bonds is 7. The second-order valence-corrected chi connectivity index (χ2v) is 8.35. The molecule has 7 nitrogen and oxygen atoms in total. The van der Waals surface area contributed by atoms with Crippen molar-refractivity contribution in [3.05, 3.63) is 72.3 Å². The van der Waals surface area contributed by atoms with Crippen LogP contribution in [-0.4, -0.2) is 48.3 Å². The number of fused-ring (bicyclic) bond motifs is 4. The Bertz CT molecular complexity index is 1360. The average molecular weight is 458 g/mol. The van der Waals surface area contributed by atoms with Crippen molar-refractivity contribution in [2.45, 2.75) is 19.4 Å². The van der Waals surface area contributed by atoms with Gasteiger partial charge in [0.05, 0.1) is 23.7 Å². The van der Waals surface area contributed by atoms with E-state index in [2.05, 4.69) is 0 Å². The van der Waals surface area contributed by atoms with Gasteiger partial charge in [-0.05, 0) is 41.8 Å². The lowest BCUT2D eigenvalue weighted by atomic mass is 9.86. The van der Waals surface area contributed by atoms with Gasteiger partial charge in [-0.2, -0.15) is 0 Å². The number of amides is 1. The minimum Gasteiger partial charge on any atom is -0.465 e. The molecule has 1 amide bonds. The number of imidazole rings is 1. The van der Waals surface area contributed by atoms with Crippen molar-refractivity contribution in [1.82, 2.24) is 9.55 Å². The fourth-order valence-electron chi connectivity index (χ4n) is 4.91. The maximum absolute atomic E-state index is 13.9. The number of hydrogen-bond donors (Lipinski definition) is 0. The number of esters is 1. The van der Waals surface area contributed by atoms with Crippen LogP contribution in [0.1, 0.15) is 24.9 Å². The van der Waals surface area contributed by atoms with Gasteiger partial charge in [0.2, 0.25) is 11.9 Å². The molecule has 0 spiro atoms. The first-order valence-electron chi connectivity index (χ1n) is 11.6. The number of aromatic nitrogens is 2. The fourth-order valence-corrected chi connectivity index (χ4v) is 4.91. The molecule has 0 radical (unpaired) electrons. The number of carbonyl (C=O) groups is 2. The van der Waals surface area contributed by atoms with E-state index in [1.54, 1.807) is 18.9 Å². The van der Waals surface area contributed by atoms with Crippen LogP contribution in [0, 0.1) is 5.92 Å². The summed E-state index contributed by atoms with van der Waals surface area (Å²) in [6.07, 6.45) is 0.625. The summed E-state index contributed by atoms with van der Waals surface area (Å²) in [7, 11) is 1.63. The molecule has 174 valence electrons. The molecule has 0 N–H and O–H groups in total. The van der Waals surface area contributed by atoms with Gasteiger partial charge in [-0.1, -0.05) is 54.6 Å². The van der Waals surface area contributed by atoms with E-state index < -0.39 is 17.9 Å². The summed E-state index contributed by atoms with van der Waals surface area (Å²) < 4.78 is 12.7. The molecule has 0 saturated heterocycles. The second kappa shape index (κ2) is 9.27. The van der Waals surface area contributed by atoms with E-state index in [9.17, 15) is 9.59 Å². The third-order valence-corrected chi connectivity index (χ3v) is 6.36. The molecule has 1 aliphatic heterocycles. The Morgan fingerprint density at radius 3 is 2.62 bits per heavy atom. The van der Waals surface area contributed by atoms with Crippen molar-refractivity contribution in [2.24, 2.45) is 5.92 Å². The summed E-state index contributed by atoms with van der Waals surface area (Å²) in [6.45, 7) is 2.85. The molecule has 5 rings (SSSR count). The predicted octanol–water partition coefficient (Wildman–Crippen LogP) is 4.34. The standard InChI is InChI=1S/C27H27N3O4/c1-3-34-26(32)23-24(20-13-8-11-18-10-4-5-12-19(18)20)30-22-15-7-6-14-21(22)28-27(30)29(25(23)31)16-9-17-33-2/h4-8,10-15,23-24H,3,9,16-17H2,1-2H3/t23-,24+/m1/s1. The van der Waals surface area contributed by atoms with Crippen molar-refractivity contribution in [3.63, 3.8) is 0 Å². The van der Waals surface area contributed by atoms with Crippen molar-refractivity contribution in [3.8, 4) is 0 Å². The number of para-hydroxylation sites is 2. The average Bonchev–Trinajstić information content (AvgIpc) is 3.24. The fraction of sp³-hybridized carbons (Fsp3) is 0.296. The number of methoxy groups -OCH3 is 1. The minimum atomic E-state index is -1.03. The van der Waals surface area contributed by atoms with Gasteiger partial charge < -0.3 is 14.0 Å². The summed E-state index contributed by atoms with van der Waals surface area (Å²) in [6, 6.07) is 21.2. The van der Waals surface area contributed by atoms with Crippen LogP contribution in [0.2, 0.25) is 0 Å². The van der Waals surface area contributed by atoms with Gasteiger partial charge in [-0.15, -0.1) is 0 Å². The van der Waals surface area contributed by atoms with E-state index >= 15 is 0 Å². The molecule has 4 aromatic rings. The Morgan fingerprint density at radius 2 is 1.79 bits per heavy atom. The zero-order valence-electron chi connectivity index (χ0n) is 19.3. The Balaban J connectivity index is 1.79. The monoisotopic (exact) mass is 457 g/mol. The van der Waals surface area contributed by atoms with Crippen LogP contribution in [0.5, 0.6) is 0 Å². The lowest BCUT2D eigenvalue weighted by molar-refractivity contribution is -0.153. The first-order valence-corrected chi connectivity index (χ1v) is 11.6. The van der Waals surface area contributed by atoms with Crippen LogP contribution in [0.15, 0.2) is 66.7 Å². The molecule has 7 heteroatoms. The van der Waals surface area contributed by atoms with Crippen molar-refractivity contribution in [1.29, 1.82) is 0 Å². The Labute approximate surface area is 197 Å². The molecule has 2 atom stereocenters. The molecule has 2 heterocycles. The summed E-state index contributed by atoms with van der Waals surface area (Å²) >= 11 is 0. The van der Waals surface area contributed by atoms with Crippen LogP contribution in [0.3, 0.4) is 0 Å². The smallest absolute Gasteiger partial charge is 0.321 e. The van der Waals surface area contributed by atoms with E-state index in [0.717, 1.165) is 27.4 Å². The number of anilines is 1. The number of nitrogens with zero attached hydrogens (tertiary/aromatic N) is 3. The summed E-state index contributed by atoms with van der Waals surface area (Å²) in [5, 5.41) is 2.04. The highest BCUT2D eigenvalue weighted by atomic mass is 16.5. The first kappa shape index (κ1) is 22.1. The molecule has 0 bridgehead atoms. The zero-order valence-corrected chi connectivity index (χ0v) is 19.3. The van der Waals surface area contributed by atoms with Gasteiger partial charge >= 0.3 is 5.97 Å². The maximum atomic E-state index is 13.9. The highest BCUT2D eigenvalue weighted by molar-refractivity contribution is 6.09. The van der Waals surface area contributed by atoms with Gasteiger partial charge in [-0.25, -0.2) is 4.98 Å². The summed E-state index contributed by atoms with van der Waals surface area (Å²) in [5.41, 5.74) is 2.54. The first-order chi connectivity index (χ1) is 16.7. The number of carbonyl (C=O) groups excluding carboxylic acids is 2. The van der Waals surface area contributed by atoms with E-state index in [4.69, 9.17) is 14.5 Å². The number of benzene rings is 3. The molecule has 0 saturated carbocycles. The van der Waals surface area contributed by atoms with Gasteiger partial charge in [0.25, 0.3) is 0 Å². The largest absolute Gasteiger partial charge is 0.465 e. The van der Waals surface area contributed by atoms with Crippen molar-refractivity contribution < 1.29 is 19.1 Å².